The van der Waals surface area contributed by atoms with Gasteiger partial charge in [0.2, 0.25) is 5.91 Å². The van der Waals surface area contributed by atoms with Crippen LogP contribution in [0.1, 0.15) is 18.6 Å². The lowest BCUT2D eigenvalue weighted by Gasteiger charge is -2.11. The number of aryl methyl sites for hydroxylation is 1. The molecule has 0 aliphatic rings. The van der Waals surface area contributed by atoms with Gasteiger partial charge in [-0.05, 0) is 18.6 Å². The molecular formula is C12H15NO4. The van der Waals surface area contributed by atoms with Gasteiger partial charge in [-0.2, -0.15) is 0 Å². The molecule has 0 radical (unpaired) electrons. The average Bonchev–Trinajstić information content (AvgIpc) is 2.78. The summed E-state index contributed by atoms with van der Waals surface area (Å²) in [6.45, 7) is 3.45. The van der Waals surface area contributed by atoms with E-state index >= 15 is 0 Å². The molecule has 1 unspecified atom stereocenters. The maximum atomic E-state index is 11.5. The van der Waals surface area contributed by atoms with Gasteiger partial charge in [-0.25, -0.2) is 4.79 Å². The summed E-state index contributed by atoms with van der Waals surface area (Å²) in [6, 6.07) is 2.60. The Hall–Kier alpha value is -2.04. The predicted molar refractivity (Wildman–Crippen MR) is 61.4 cm³/mol. The number of carbonyl (C=O) groups is 2. The van der Waals surface area contributed by atoms with E-state index in [-0.39, 0.29) is 18.7 Å². The second kappa shape index (κ2) is 6.52. The van der Waals surface area contributed by atoms with Crippen LogP contribution in [0.2, 0.25) is 0 Å². The summed E-state index contributed by atoms with van der Waals surface area (Å²) in [7, 11) is 0. The SMILES string of the molecule is C=CCC(NC(=O)CCc1ccco1)C(=O)O. The highest BCUT2D eigenvalue weighted by Gasteiger charge is 2.17. The molecule has 0 saturated heterocycles. The molecule has 1 aromatic rings. The van der Waals surface area contributed by atoms with Gasteiger partial charge in [-0.3, -0.25) is 4.79 Å². The highest BCUT2D eigenvalue weighted by molar-refractivity contribution is 5.83. The summed E-state index contributed by atoms with van der Waals surface area (Å²) in [5.41, 5.74) is 0. The van der Waals surface area contributed by atoms with E-state index in [1.54, 1.807) is 12.1 Å². The van der Waals surface area contributed by atoms with Gasteiger partial charge >= 0.3 is 5.97 Å². The van der Waals surface area contributed by atoms with Crippen molar-refractivity contribution in [2.75, 3.05) is 0 Å². The molecule has 5 heteroatoms. The van der Waals surface area contributed by atoms with Crippen LogP contribution in [0.3, 0.4) is 0 Å². The number of furan rings is 1. The number of amides is 1. The van der Waals surface area contributed by atoms with Crippen molar-refractivity contribution in [3.05, 3.63) is 36.8 Å². The van der Waals surface area contributed by atoms with E-state index < -0.39 is 12.0 Å². The van der Waals surface area contributed by atoms with E-state index in [1.807, 2.05) is 0 Å². The highest BCUT2D eigenvalue weighted by atomic mass is 16.4. The lowest BCUT2D eigenvalue weighted by Crippen LogP contribution is -2.40. The smallest absolute Gasteiger partial charge is 0.326 e. The van der Waals surface area contributed by atoms with Crippen LogP contribution >= 0.6 is 0 Å². The van der Waals surface area contributed by atoms with Crippen molar-refractivity contribution in [1.82, 2.24) is 5.32 Å². The molecule has 1 atom stereocenters. The third-order valence-electron chi connectivity index (χ3n) is 2.21. The molecule has 0 fully saturated rings. The molecule has 5 nitrogen and oxygen atoms in total. The molecule has 0 spiro atoms. The van der Waals surface area contributed by atoms with Gasteiger partial charge in [0.15, 0.2) is 0 Å². The van der Waals surface area contributed by atoms with E-state index in [0.717, 1.165) is 0 Å². The van der Waals surface area contributed by atoms with Crippen LogP contribution in [0, 0.1) is 0 Å². The molecule has 17 heavy (non-hydrogen) atoms. The summed E-state index contributed by atoms with van der Waals surface area (Å²) in [5.74, 6) is -0.664. The molecule has 1 aromatic heterocycles. The predicted octanol–water partition coefficient (Wildman–Crippen LogP) is 1.36. The van der Waals surface area contributed by atoms with Crippen molar-refractivity contribution >= 4 is 11.9 Å². The third-order valence-corrected chi connectivity index (χ3v) is 2.21. The van der Waals surface area contributed by atoms with E-state index in [2.05, 4.69) is 11.9 Å². The Morgan fingerprint density at radius 1 is 1.59 bits per heavy atom. The maximum absolute atomic E-state index is 11.5. The highest BCUT2D eigenvalue weighted by Crippen LogP contribution is 2.04. The van der Waals surface area contributed by atoms with Gasteiger partial charge in [-0.15, -0.1) is 6.58 Å². The van der Waals surface area contributed by atoms with Crippen molar-refractivity contribution in [1.29, 1.82) is 0 Å². The van der Waals surface area contributed by atoms with E-state index in [9.17, 15) is 9.59 Å². The fourth-order valence-electron chi connectivity index (χ4n) is 1.35. The third kappa shape index (κ3) is 4.55. The molecule has 2 N–H and O–H groups in total. The number of carboxylic acids is 1. The van der Waals surface area contributed by atoms with E-state index in [0.29, 0.717) is 12.2 Å². The summed E-state index contributed by atoms with van der Waals surface area (Å²) in [6.07, 6.45) is 3.87. The van der Waals surface area contributed by atoms with Crippen molar-refractivity contribution in [2.24, 2.45) is 0 Å². The first-order chi connectivity index (χ1) is 8.13. The monoisotopic (exact) mass is 237 g/mol. The first-order valence-corrected chi connectivity index (χ1v) is 5.29. The van der Waals surface area contributed by atoms with Gasteiger partial charge in [0, 0.05) is 12.8 Å². The molecule has 1 amide bonds. The zero-order valence-corrected chi connectivity index (χ0v) is 9.39. The zero-order valence-electron chi connectivity index (χ0n) is 9.39. The van der Waals surface area contributed by atoms with Gasteiger partial charge in [0.25, 0.3) is 0 Å². The van der Waals surface area contributed by atoms with Crippen LogP contribution in [-0.2, 0) is 16.0 Å². The number of carbonyl (C=O) groups excluding carboxylic acids is 1. The standard InChI is InChI=1S/C12H15NO4/c1-2-4-10(12(15)16)13-11(14)7-6-9-5-3-8-17-9/h2-3,5,8,10H,1,4,6-7H2,(H,13,14)(H,15,16). The van der Waals surface area contributed by atoms with Crippen LogP contribution in [0.15, 0.2) is 35.5 Å². The normalized spacial score (nSPS) is 11.8. The summed E-state index contributed by atoms with van der Waals surface area (Å²) in [5, 5.41) is 11.3. The molecule has 0 bridgehead atoms. The fraction of sp³-hybridized carbons (Fsp3) is 0.333. The largest absolute Gasteiger partial charge is 0.480 e. The van der Waals surface area contributed by atoms with E-state index in [4.69, 9.17) is 9.52 Å². The molecule has 92 valence electrons. The van der Waals surface area contributed by atoms with Crippen molar-refractivity contribution in [3.8, 4) is 0 Å². The lowest BCUT2D eigenvalue weighted by atomic mass is 10.2. The number of hydrogen-bond donors (Lipinski definition) is 2. The first kappa shape index (κ1) is 13.0. The Kier molecular flexibility index (Phi) is 5.00. The Labute approximate surface area is 99.1 Å². The van der Waals surface area contributed by atoms with Crippen LogP contribution in [-0.4, -0.2) is 23.0 Å². The Morgan fingerprint density at radius 2 is 2.35 bits per heavy atom. The molecular weight excluding hydrogens is 222 g/mol. The Balaban J connectivity index is 2.37. The number of aliphatic carboxylic acids is 1. The number of hydrogen-bond acceptors (Lipinski definition) is 3. The zero-order chi connectivity index (χ0) is 12.7. The van der Waals surface area contributed by atoms with Gasteiger partial charge in [0.05, 0.1) is 6.26 Å². The van der Waals surface area contributed by atoms with Crippen LogP contribution < -0.4 is 5.32 Å². The van der Waals surface area contributed by atoms with Crippen LogP contribution in [0.4, 0.5) is 0 Å². The maximum Gasteiger partial charge on any atom is 0.326 e. The fourth-order valence-corrected chi connectivity index (χ4v) is 1.35. The minimum atomic E-state index is -1.06. The minimum Gasteiger partial charge on any atom is -0.480 e. The second-order valence-corrected chi connectivity index (χ2v) is 3.56. The summed E-state index contributed by atoms with van der Waals surface area (Å²) >= 11 is 0. The molecule has 0 saturated carbocycles. The topological polar surface area (TPSA) is 79.5 Å². The second-order valence-electron chi connectivity index (χ2n) is 3.56. The molecule has 1 rings (SSSR count). The Morgan fingerprint density at radius 3 is 2.88 bits per heavy atom. The number of carboxylic acid groups (broad SMARTS) is 1. The number of nitrogens with one attached hydrogen (secondary N) is 1. The van der Waals surface area contributed by atoms with Crippen molar-refractivity contribution in [3.63, 3.8) is 0 Å². The quantitative estimate of drug-likeness (QED) is 0.702. The van der Waals surface area contributed by atoms with E-state index in [1.165, 1.54) is 12.3 Å². The van der Waals surface area contributed by atoms with Gasteiger partial charge < -0.3 is 14.8 Å². The number of rotatable bonds is 7. The molecule has 0 aromatic carbocycles. The minimum absolute atomic E-state index is 0.203. The van der Waals surface area contributed by atoms with Crippen molar-refractivity contribution < 1.29 is 19.1 Å². The first-order valence-electron chi connectivity index (χ1n) is 5.29. The molecule has 0 aliphatic carbocycles. The van der Waals surface area contributed by atoms with Crippen LogP contribution in [0.5, 0.6) is 0 Å². The lowest BCUT2D eigenvalue weighted by molar-refractivity contribution is -0.141. The summed E-state index contributed by atoms with van der Waals surface area (Å²) in [4.78, 5) is 22.3. The molecule has 1 heterocycles. The van der Waals surface area contributed by atoms with Crippen LogP contribution in [0.25, 0.3) is 0 Å². The Bertz CT molecular complexity index is 383. The van der Waals surface area contributed by atoms with Gasteiger partial charge in [-0.1, -0.05) is 6.08 Å². The van der Waals surface area contributed by atoms with Gasteiger partial charge in [0.1, 0.15) is 11.8 Å². The van der Waals surface area contributed by atoms with Crippen molar-refractivity contribution in [2.45, 2.75) is 25.3 Å². The average molecular weight is 237 g/mol. The summed E-state index contributed by atoms with van der Waals surface area (Å²) < 4.78 is 5.07. The molecule has 0 aliphatic heterocycles.